The number of aromatic amines is 1. The summed E-state index contributed by atoms with van der Waals surface area (Å²) in [6.45, 7) is 3.20. The number of halogens is 1. The van der Waals surface area contributed by atoms with Crippen LogP contribution >= 0.6 is 19.5 Å². The molecule has 1 fully saturated rings. The van der Waals surface area contributed by atoms with Gasteiger partial charge in [0.25, 0.3) is 5.56 Å². The Balaban J connectivity index is 0.00000147. The van der Waals surface area contributed by atoms with E-state index in [0.717, 1.165) is 13.1 Å². The molecular weight excluding hydrogens is 299 g/mol. The zero-order valence-electron chi connectivity index (χ0n) is 11.0. The van der Waals surface area contributed by atoms with Gasteiger partial charge in [-0.05, 0) is 13.0 Å². The molecule has 3 heterocycles. The molecule has 0 bridgehead atoms. The highest BCUT2D eigenvalue weighted by Crippen LogP contribution is 2.44. The van der Waals surface area contributed by atoms with Gasteiger partial charge in [0.1, 0.15) is 18.4 Å². The number of hydrogen-bond donors (Lipinski definition) is 2. The van der Waals surface area contributed by atoms with E-state index in [9.17, 15) is 9.36 Å². The average molecular weight is 315 g/mol. The molecule has 0 radical (unpaired) electrons. The van der Waals surface area contributed by atoms with Gasteiger partial charge in [-0.15, -0.1) is 12.4 Å². The van der Waals surface area contributed by atoms with Crippen LogP contribution in [0.25, 0.3) is 10.9 Å². The van der Waals surface area contributed by atoms with Crippen molar-refractivity contribution in [2.24, 2.45) is 0 Å². The molecule has 1 aliphatic rings. The minimum absolute atomic E-state index is 0. The monoisotopic (exact) mass is 314 g/mol. The molecule has 20 heavy (non-hydrogen) atoms. The van der Waals surface area contributed by atoms with Crippen LogP contribution in [0.5, 0.6) is 0 Å². The molecule has 2 aromatic heterocycles. The molecule has 3 rings (SSSR count). The molecular formula is C12H16ClN4O2P. The molecule has 6 nitrogen and oxygen atoms in total. The number of nitrogens with zero attached hydrogens (tertiary/aromatic N) is 2. The molecule has 0 unspecified atom stereocenters. The highest BCUT2D eigenvalue weighted by atomic mass is 35.5. The smallest absolute Gasteiger partial charge is 0.258 e. The van der Waals surface area contributed by atoms with Gasteiger partial charge in [0.15, 0.2) is 0 Å². The van der Waals surface area contributed by atoms with Gasteiger partial charge in [0.05, 0.1) is 17.1 Å². The highest BCUT2D eigenvalue weighted by molar-refractivity contribution is 7.71. The van der Waals surface area contributed by atoms with Gasteiger partial charge in [-0.2, -0.15) is 0 Å². The van der Waals surface area contributed by atoms with Gasteiger partial charge in [0, 0.05) is 25.4 Å². The number of aromatic nitrogens is 3. The predicted molar refractivity (Wildman–Crippen MR) is 82.0 cm³/mol. The Morgan fingerprint density at radius 3 is 2.70 bits per heavy atom. The Bertz CT molecular complexity index is 736. The van der Waals surface area contributed by atoms with Crippen molar-refractivity contribution >= 4 is 35.9 Å². The maximum absolute atomic E-state index is 12.8. The first-order valence-electron chi connectivity index (χ1n) is 6.24. The summed E-state index contributed by atoms with van der Waals surface area (Å²) >= 11 is 0. The van der Waals surface area contributed by atoms with E-state index in [0.29, 0.717) is 34.5 Å². The van der Waals surface area contributed by atoms with Crippen LogP contribution in [-0.2, 0) is 4.57 Å². The quantitative estimate of drug-likeness (QED) is 0.754. The highest BCUT2D eigenvalue weighted by Gasteiger charge is 2.28. The van der Waals surface area contributed by atoms with E-state index in [1.165, 1.54) is 0 Å². The van der Waals surface area contributed by atoms with Crippen molar-refractivity contribution < 1.29 is 4.57 Å². The fourth-order valence-electron chi connectivity index (χ4n) is 2.36. The number of hydrogen-bond acceptors (Lipinski definition) is 5. The summed E-state index contributed by atoms with van der Waals surface area (Å²) in [6.07, 6.45) is 2.75. The second kappa shape index (κ2) is 5.64. The Kier molecular flexibility index (Phi) is 4.28. The van der Waals surface area contributed by atoms with Crippen molar-refractivity contribution in [3.05, 3.63) is 28.4 Å². The molecule has 1 saturated heterocycles. The van der Waals surface area contributed by atoms with Crippen LogP contribution in [0.15, 0.2) is 17.1 Å². The Hall–Kier alpha value is -1.23. The first-order chi connectivity index (χ1) is 9.08. The topological polar surface area (TPSA) is 87.7 Å². The lowest BCUT2D eigenvalue weighted by atomic mass is 10.3. The molecule has 0 spiro atoms. The summed E-state index contributed by atoms with van der Waals surface area (Å²) in [5.41, 5.74) is 0.900. The molecule has 0 aromatic carbocycles. The third kappa shape index (κ3) is 2.64. The van der Waals surface area contributed by atoms with Crippen molar-refractivity contribution in [3.63, 3.8) is 0 Å². The average Bonchev–Trinajstić information content (AvgIpc) is 2.39. The van der Waals surface area contributed by atoms with Crippen LogP contribution in [0.1, 0.15) is 5.82 Å². The summed E-state index contributed by atoms with van der Waals surface area (Å²) < 4.78 is 12.8. The van der Waals surface area contributed by atoms with Gasteiger partial charge in [-0.25, -0.2) is 4.98 Å². The molecule has 8 heteroatoms. The molecule has 0 saturated carbocycles. The zero-order chi connectivity index (χ0) is 13.5. The van der Waals surface area contributed by atoms with Crippen LogP contribution in [-0.4, -0.2) is 40.4 Å². The standard InChI is InChI=1S/C12H15N4O2P.ClH/c1-8-15-10-7-14-11(6-9(10)12(17)16-8)19(18)4-2-13-3-5-19;/h6-7,13H,2-5H2,1H3,(H,15,16,17);1H. The summed E-state index contributed by atoms with van der Waals surface area (Å²) in [4.78, 5) is 23.1. The van der Waals surface area contributed by atoms with Gasteiger partial charge < -0.3 is 14.9 Å². The minimum atomic E-state index is -2.46. The molecule has 2 aromatic rings. The third-order valence-corrected chi connectivity index (χ3v) is 6.38. The molecule has 0 aliphatic carbocycles. The van der Waals surface area contributed by atoms with Gasteiger partial charge >= 0.3 is 0 Å². The molecule has 0 amide bonds. The van der Waals surface area contributed by atoms with Crippen molar-refractivity contribution in [2.45, 2.75) is 6.92 Å². The van der Waals surface area contributed by atoms with E-state index in [2.05, 4.69) is 20.3 Å². The summed E-state index contributed by atoms with van der Waals surface area (Å²) in [6, 6.07) is 1.65. The van der Waals surface area contributed by atoms with Crippen molar-refractivity contribution in [2.75, 3.05) is 25.4 Å². The number of nitrogens with one attached hydrogen (secondary N) is 2. The second-order valence-electron chi connectivity index (χ2n) is 4.80. The predicted octanol–water partition coefficient (Wildman–Crippen LogP) is 0.640. The minimum Gasteiger partial charge on any atom is -0.317 e. The Morgan fingerprint density at radius 1 is 1.30 bits per heavy atom. The van der Waals surface area contributed by atoms with E-state index in [4.69, 9.17) is 0 Å². The second-order valence-corrected chi connectivity index (χ2v) is 7.93. The lowest BCUT2D eigenvalue weighted by molar-refractivity contribution is 0.568. The number of aryl methyl sites for hydroxylation is 1. The van der Waals surface area contributed by atoms with Crippen LogP contribution in [0, 0.1) is 6.92 Å². The molecule has 0 atom stereocenters. The van der Waals surface area contributed by atoms with Crippen LogP contribution < -0.4 is 16.3 Å². The van der Waals surface area contributed by atoms with E-state index in [1.807, 2.05) is 0 Å². The number of pyridine rings is 1. The fourth-order valence-corrected chi connectivity index (χ4v) is 4.71. The first-order valence-corrected chi connectivity index (χ1v) is 8.32. The van der Waals surface area contributed by atoms with Crippen LogP contribution in [0.4, 0.5) is 0 Å². The summed E-state index contributed by atoms with van der Waals surface area (Å²) in [7, 11) is -2.46. The molecule has 108 valence electrons. The maximum Gasteiger partial charge on any atom is 0.258 e. The number of rotatable bonds is 1. The summed E-state index contributed by atoms with van der Waals surface area (Å²) in [5, 5.41) is 3.65. The van der Waals surface area contributed by atoms with E-state index >= 15 is 0 Å². The normalized spacial score (nSPS) is 17.6. The number of fused-ring (bicyclic) bond motifs is 1. The van der Waals surface area contributed by atoms with Crippen molar-refractivity contribution in [1.82, 2.24) is 20.3 Å². The van der Waals surface area contributed by atoms with E-state index < -0.39 is 7.14 Å². The Morgan fingerprint density at radius 2 is 2.00 bits per heavy atom. The van der Waals surface area contributed by atoms with Crippen molar-refractivity contribution in [1.29, 1.82) is 0 Å². The molecule has 2 N–H and O–H groups in total. The summed E-state index contributed by atoms with van der Waals surface area (Å²) in [5.74, 6) is 0.556. The van der Waals surface area contributed by atoms with E-state index in [1.54, 1.807) is 19.2 Å². The van der Waals surface area contributed by atoms with Gasteiger partial charge in [-0.1, -0.05) is 0 Å². The zero-order valence-corrected chi connectivity index (χ0v) is 12.8. The third-order valence-electron chi connectivity index (χ3n) is 3.41. The molecule has 1 aliphatic heterocycles. The van der Waals surface area contributed by atoms with Crippen LogP contribution in [0.3, 0.4) is 0 Å². The fraction of sp³-hybridized carbons (Fsp3) is 0.417. The van der Waals surface area contributed by atoms with Gasteiger partial charge in [0.2, 0.25) is 0 Å². The largest absolute Gasteiger partial charge is 0.317 e. The SMILES string of the molecule is Cc1nc2cnc(P3(=O)CCNCC3)cc2c(=O)[nH]1.Cl. The Labute approximate surface area is 122 Å². The lowest BCUT2D eigenvalue weighted by Crippen LogP contribution is -2.33. The first kappa shape index (κ1) is 15.2. The lowest BCUT2D eigenvalue weighted by Gasteiger charge is -2.23. The van der Waals surface area contributed by atoms with Crippen molar-refractivity contribution in [3.8, 4) is 0 Å². The van der Waals surface area contributed by atoms with Crippen LogP contribution in [0.2, 0.25) is 0 Å². The van der Waals surface area contributed by atoms with Gasteiger partial charge in [-0.3, -0.25) is 9.78 Å². The van der Waals surface area contributed by atoms with E-state index in [-0.39, 0.29) is 18.0 Å². The maximum atomic E-state index is 12.8. The number of H-pyrrole nitrogens is 1.